The van der Waals surface area contributed by atoms with Crippen LogP contribution in [0.15, 0.2) is 6.33 Å². The maximum atomic E-state index is 11.9. The molecule has 1 aromatic heterocycles. The van der Waals surface area contributed by atoms with Gasteiger partial charge in [0, 0.05) is 13.6 Å². The zero-order valence-corrected chi connectivity index (χ0v) is 10.9. The van der Waals surface area contributed by atoms with Gasteiger partial charge >= 0.3 is 0 Å². The van der Waals surface area contributed by atoms with Gasteiger partial charge in [-0.2, -0.15) is 0 Å². The molecule has 1 saturated heterocycles. The average Bonchev–Trinajstić information content (AvgIpc) is 2.41. The minimum absolute atomic E-state index is 0.0250. The summed E-state index contributed by atoms with van der Waals surface area (Å²) in [6.45, 7) is 0.744. The summed E-state index contributed by atoms with van der Waals surface area (Å²) in [6.07, 6.45) is 4.19. The Balaban J connectivity index is 2.34. The van der Waals surface area contributed by atoms with Crippen molar-refractivity contribution in [3.8, 4) is 0 Å². The second-order valence-corrected chi connectivity index (χ2v) is 4.59. The number of aromatic nitrogens is 2. The van der Waals surface area contributed by atoms with E-state index in [0.29, 0.717) is 10.8 Å². The highest BCUT2D eigenvalue weighted by molar-refractivity contribution is 6.35. The number of likely N-dealkylation sites (N-methyl/N-ethyl adjacent to an activating group) is 1. The Bertz CT molecular complexity index is 453. The lowest BCUT2D eigenvalue weighted by Gasteiger charge is -2.35. The maximum absolute atomic E-state index is 11.9. The molecule has 1 unspecified atom stereocenters. The SMILES string of the molecule is CNC(=O)C1CCCCN1c1ncnc(N)c1Cl. The molecule has 7 heteroatoms. The molecule has 0 saturated carbocycles. The van der Waals surface area contributed by atoms with Gasteiger partial charge in [0.2, 0.25) is 5.91 Å². The Morgan fingerprint density at radius 3 is 3.06 bits per heavy atom. The molecule has 1 aliphatic heterocycles. The molecule has 0 aliphatic carbocycles. The van der Waals surface area contributed by atoms with Crippen LogP contribution in [0.2, 0.25) is 5.02 Å². The molecule has 0 bridgehead atoms. The Labute approximate surface area is 111 Å². The maximum Gasteiger partial charge on any atom is 0.242 e. The zero-order valence-electron chi connectivity index (χ0n) is 10.2. The van der Waals surface area contributed by atoms with Gasteiger partial charge in [0.25, 0.3) is 0 Å². The number of hydrogen-bond donors (Lipinski definition) is 2. The number of nitrogens with zero attached hydrogens (tertiary/aromatic N) is 3. The van der Waals surface area contributed by atoms with E-state index in [1.165, 1.54) is 6.33 Å². The third-order valence-electron chi connectivity index (χ3n) is 3.12. The van der Waals surface area contributed by atoms with Crippen LogP contribution in [-0.2, 0) is 4.79 Å². The fourth-order valence-corrected chi connectivity index (χ4v) is 2.40. The van der Waals surface area contributed by atoms with Gasteiger partial charge in [-0.15, -0.1) is 0 Å². The summed E-state index contributed by atoms with van der Waals surface area (Å²) in [7, 11) is 1.63. The van der Waals surface area contributed by atoms with Crippen LogP contribution in [0.3, 0.4) is 0 Å². The predicted octanol–water partition coefficient (Wildman–Crippen LogP) is 0.817. The van der Waals surface area contributed by atoms with Crippen LogP contribution in [0.4, 0.5) is 11.6 Å². The monoisotopic (exact) mass is 269 g/mol. The summed E-state index contributed by atoms with van der Waals surface area (Å²) in [4.78, 5) is 21.8. The number of nitrogen functional groups attached to an aromatic ring is 1. The minimum Gasteiger partial charge on any atom is -0.382 e. The van der Waals surface area contributed by atoms with Crippen molar-refractivity contribution >= 4 is 29.1 Å². The van der Waals surface area contributed by atoms with Crippen LogP contribution < -0.4 is 16.0 Å². The first kappa shape index (κ1) is 12.9. The Kier molecular flexibility index (Phi) is 3.86. The number of nitrogens with one attached hydrogen (secondary N) is 1. The van der Waals surface area contributed by atoms with Gasteiger partial charge in [-0.3, -0.25) is 4.79 Å². The standard InChI is InChI=1S/C11H16ClN5O/c1-14-11(18)7-4-2-3-5-17(7)10-8(12)9(13)15-6-16-10/h6-7H,2-5H2,1H3,(H,14,18)(H2,13,15,16). The summed E-state index contributed by atoms with van der Waals surface area (Å²) in [5.41, 5.74) is 5.67. The minimum atomic E-state index is -0.240. The molecule has 2 rings (SSSR count). The van der Waals surface area contributed by atoms with Gasteiger partial charge in [0.05, 0.1) is 0 Å². The zero-order chi connectivity index (χ0) is 13.1. The summed E-state index contributed by atoms with van der Waals surface area (Å²) in [5, 5.41) is 2.98. The van der Waals surface area contributed by atoms with Crippen LogP contribution in [0, 0.1) is 0 Å². The van der Waals surface area contributed by atoms with Gasteiger partial charge in [-0.25, -0.2) is 9.97 Å². The molecule has 98 valence electrons. The molecule has 0 aromatic carbocycles. The van der Waals surface area contributed by atoms with Crippen molar-refractivity contribution in [3.05, 3.63) is 11.3 Å². The number of hydrogen-bond acceptors (Lipinski definition) is 5. The van der Waals surface area contributed by atoms with Crippen LogP contribution in [0.5, 0.6) is 0 Å². The van der Waals surface area contributed by atoms with Crippen molar-refractivity contribution in [2.75, 3.05) is 24.2 Å². The quantitative estimate of drug-likeness (QED) is 0.830. The van der Waals surface area contributed by atoms with Gasteiger partial charge < -0.3 is 16.0 Å². The van der Waals surface area contributed by atoms with E-state index in [1.807, 2.05) is 4.90 Å². The molecule has 1 atom stereocenters. The second-order valence-electron chi connectivity index (χ2n) is 4.22. The molecule has 18 heavy (non-hydrogen) atoms. The van der Waals surface area contributed by atoms with E-state index in [1.54, 1.807) is 7.05 Å². The molecule has 1 amide bonds. The normalized spacial score (nSPS) is 19.7. The fourth-order valence-electron chi connectivity index (χ4n) is 2.20. The molecule has 1 aliphatic rings. The van der Waals surface area contributed by atoms with E-state index in [0.717, 1.165) is 25.8 Å². The first-order valence-corrected chi connectivity index (χ1v) is 6.27. The Morgan fingerprint density at radius 1 is 1.56 bits per heavy atom. The lowest BCUT2D eigenvalue weighted by atomic mass is 10.0. The second kappa shape index (κ2) is 5.39. The topological polar surface area (TPSA) is 84.1 Å². The van der Waals surface area contributed by atoms with Crippen molar-refractivity contribution in [1.29, 1.82) is 0 Å². The average molecular weight is 270 g/mol. The lowest BCUT2D eigenvalue weighted by Crippen LogP contribution is -2.49. The van der Waals surface area contributed by atoms with Crippen LogP contribution in [-0.4, -0.2) is 35.5 Å². The molecule has 1 fully saturated rings. The third-order valence-corrected chi connectivity index (χ3v) is 3.48. The van der Waals surface area contributed by atoms with E-state index >= 15 is 0 Å². The lowest BCUT2D eigenvalue weighted by molar-refractivity contribution is -0.122. The molecule has 1 aromatic rings. The highest BCUT2D eigenvalue weighted by Crippen LogP contribution is 2.31. The van der Waals surface area contributed by atoms with Crippen LogP contribution >= 0.6 is 11.6 Å². The molecule has 2 heterocycles. The predicted molar refractivity (Wildman–Crippen MR) is 70.5 cm³/mol. The molecular weight excluding hydrogens is 254 g/mol. The molecule has 6 nitrogen and oxygen atoms in total. The number of piperidine rings is 1. The first-order chi connectivity index (χ1) is 8.65. The van der Waals surface area contributed by atoms with Gasteiger partial charge in [0.15, 0.2) is 5.82 Å². The molecular formula is C11H16ClN5O. The van der Waals surface area contributed by atoms with Crippen LogP contribution in [0.25, 0.3) is 0 Å². The van der Waals surface area contributed by atoms with E-state index in [9.17, 15) is 4.79 Å². The van der Waals surface area contributed by atoms with Crippen molar-refractivity contribution in [3.63, 3.8) is 0 Å². The fraction of sp³-hybridized carbons (Fsp3) is 0.545. The Morgan fingerprint density at radius 2 is 2.33 bits per heavy atom. The van der Waals surface area contributed by atoms with Gasteiger partial charge in [-0.05, 0) is 19.3 Å². The number of nitrogens with two attached hydrogens (primary N) is 1. The summed E-state index contributed by atoms with van der Waals surface area (Å²) in [6, 6.07) is -0.240. The molecule has 0 radical (unpaired) electrons. The first-order valence-electron chi connectivity index (χ1n) is 5.89. The number of carbonyl (C=O) groups is 1. The molecule has 0 spiro atoms. The van der Waals surface area contributed by atoms with E-state index < -0.39 is 0 Å². The van der Waals surface area contributed by atoms with Crippen molar-refractivity contribution in [2.24, 2.45) is 0 Å². The number of rotatable bonds is 2. The van der Waals surface area contributed by atoms with E-state index in [4.69, 9.17) is 17.3 Å². The summed E-state index contributed by atoms with van der Waals surface area (Å²) >= 11 is 6.12. The third kappa shape index (κ3) is 2.33. The van der Waals surface area contributed by atoms with Crippen molar-refractivity contribution < 1.29 is 4.79 Å². The van der Waals surface area contributed by atoms with E-state index in [-0.39, 0.29) is 17.8 Å². The Hall–Kier alpha value is -1.56. The number of halogens is 1. The smallest absolute Gasteiger partial charge is 0.242 e. The van der Waals surface area contributed by atoms with Crippen molar-refractivity contribution in [2.45, 2.75) is 25.3 Å². The number of carbonyl (C=O) groups excluding carboxylic acids is 1. The number of amides is 1. The summed E-state index contributed by atoms with van der Waals surface area (Å²) in [5.74, 6) is 0.753. The highest BCUT2D eigenvalue weighted by atomic mass is 35.5. The van der Waals surface area contributed by atoms with E-state index in [2.05, 4.69) is 15.3 Å². The van der Waals surface area contributed by atoms with Crippen LogP contribution in [0.1, 0.15) is 19.3 Å². The van der Waals surface area contributed by atoms with Crippen molar-refractivity contribution in [1.82, 2.24) is 15.3 Å². The summed E-state index contributed by atoms with van der Waals surface area (Å²) < 4.78 is 0. The van der Waals surface area contributed by atoms with Gasteiger partial charge in [0.1, 0.15) is 23.2 Å². The van der Waals surface area contributed by atoms with Gasteiger partial charge in [-0.1, -0.05) is 11.6 Å². The largest absolute Gasteiger partial charge is 0.382 e. The number of anilines is 2. The molecule has 3 N–H and O–H groups in total. The highest BCUT2D eigenvalue weighted by Gasteiger charge is 2.30.